The van der Waals surface area contributed by atoms with Crippen LogP contribution in [0.4, 0.5) is 10.1 Å². The number of phenols is 1. The first kappa shape index (κ1) is 13.3. The average molecular weight is 328 g/mol. The van der Waals surface area contributed by atoms with Crippen LogP contribution in [0.5, 0.6) is 17.2 Å². The van der Waals surface area contributed by atoms with Gasteiger partial charge in [-0.3, -0.25) is 10.1 Å². The molecule has 0 aliphatic carbocycles. The van der Waals surface area contributed by atoms with Gasteiger partial charge in [-0.2, -0.15) is 0 Å². The SMILES string of the molecule is O=[N+]([O-])c1cc(Br)c(F)cc1Oc1cccc(O)c1. The standard InChI is InChI=1S/C12H7BrFNO4/c13-9-5-11(15(17)18)12(6-10(9)14)19-8-3-1-2-7(16)4-8/h1-6,16H. The molecule has 0 saturated carbocycles. The summed E-state index contributed by atoms with van der Waals surface area (Å²) in [6.45, 7) is 0. The van der Waals surface area contributed by atoms with Crippen LogP contribution in [0.2, 0.25) is 0 Å². The molecule has 0 amide bonds. The van der Waals surface area contributed by atoms with Gasteiger partial charge in [-0.15, -0.1) is 0 Å². The number of aromatic hydroxyl groups is 1. The van der Waals surface area contributed by atoms with Crippen LogP contribution in [-0.2, 0) is 0 Å². The summed E-state index contributed by atoms with van der Waals surface area (Å²) < 4.78 is 18.6. The second-order valence-electron chi connectivity index (χ2n) is 3.59. The smallest absolute Gasteiger partial charge is 0.312 e. The Bertz CT molecular complexity index is 648. The molecule has 0 aliphatic rings. The third kappa shape index (κ3) is 3.00. The van der Waals surface area contributed by atoms with E-state index in [0.29, 0.717) is 0 Å². The number of rotatable bonds is 3. The van der Waals surface area contributed by atoms with E-state index in [4.69, 9.17) is 4.74 Å². The molecule has 0 saturated heterocycles. The molecule has 0 aliphatic heterocycles. The van der Waals surface area contributed by atoms with E-state index in [0.717, 1.165) is 12.1 Å². The number of nitro benzene ring substituents is 1. The molecule has 0 radical (unpaired) electrons. The first-order chi connectivity index (χ1) is 8.97. The minimum absolute atomic E-state index is 0.0255. The van der Waals surface area contributed by atoms with Crippen molar-refractivity contribution in [3.8, 4) is 17.2 Å². The molecule has 0 aromatic heterocycles. The minimum Gasteiger partial charge on any atom is -0.508 e. The maximum absolute atomic E-state index is 13.4. The van der Waals surface area contributed by atoms with Crippen molar-refractivity contribution in [3.63, 3.8) is 0 Å². The van der Waals surface area contributed by atoms with Crippen molar-refractivity contribution in [1.29, 1.82) is 0 Å². The predicted octanol–water partition coefficient (Wildman–Crippen LogP) is 3.99. The molecule has 2 aromatic carbocycles. The normalized spacial score (nSPS) is 10.2. The zero-order valence-corrected chi connectivity index (χ0v) is 10.9. The number of halogens is 2. The molecular formula is C12H7BrFNO4. The van der Waals surface area contributed by atoms with Gasteiger partial charge in [0.15, 0.2) is 0 Å². The van der Waals surface area contributed by atoms with E-state index in [1.165, 1.54) is 24.3 Å². The van der Waals surface area contributed by atoms with Gasteiger partial charge in [0, 0.05) is 18.2 Å². The third-order valence-electron chi connectivity index (χ3n) is 2.24. The summed E-state index contributed by atoms with van der Waals surface area (Å²) in [5.74, 6) is -0.806. The lowest BCUT2D eigenvalue weighted by Crippen LogP contribution is -1.95. The van der Waals surface area contributed by atoms with Crippen LogP contribution < -0.4 is 4.74 Å². The summed E-state index contributed by atoms with van der Waals surface area (Å²) in [6.07, 6.45) is 0. The second-order valence-corrected chi connectivity index (χ2v) is 4.44. The number of nitro groups is 1. The van der Waals surface area contributed by atoms with E-state index < -0.39 is 10.7 Å². The quantitative estimate of drug-likeness (QED) is 0.683. The second kappa shape index (κ2) is 5.23. The van der Waals surface area contributed by atoms with E-state index in [1.807, 2.05) is 0 Å². The van der Waals surface area contributed by atoms with Crippen LogP contribution in [0.25, 0.3) is 0 Å². The summed E-state index contributed by atoms with van der Waals surface area (Å²) in [4.78, 5) is 10.2. The topological polar surface area (TPSA) is 72.6 Å². The Morgan fingerprint density at radius 2 is 2.05 bits per heavy atom. The highest BCUT2D eigenvalue weighted by molar-refractivity contribution is 9.10. The van der Waals surface area contributed by atoms with Crippen molar-refractivity contribution in [3.05, 3.63) is 56.8 Å². The highest BCUT2D eigenvalue weighted by Gasteiger charge is 2.19. The molecule has 0 bridgehead atoms. The lowest BCUT2D eigenvalue weighted by molar-refractivity contribution is -0.385. The van der Waals surface area contributed by atoms with Crippen LogP contribution in [0.3, 0.4) is 0 Å². The Kier molecular flexibility index (Phi) is 3.66. The minimum atomic E-state index is -0.680. The highest BCUT2D eigenvalue weighted by atomic mass is 79.9. The number of hydrogen-bond donors (Lipinski definition) is 1. The molecule has 0 spiro atoms. The van der Waals surface area contributed by atoms with E-state index in [1.54, 1.807) is 0 Å². The summed E-state index contributed by atoms with van der Waals surface area (Å²) in [5, 5.41) is 20.1. The largest absolute Gasteiger partial charge is 0.508 e. The Balaban J connectivity index is 2.44. The average Bonchev–Trinajstić information content (AvgIpc) is 2.33. The molecule has 2 aromatic rings. The lowest BCUT2D eigenvalue weighted by atomic mass is 10.3. The van der Waals surface area contributed by atoms with Gasteiger partial charge in [0.1, 0.15) is 17.3 Å². The Morgan fingerprint density at radius 3 is 2.68 bits per heavy atom. The van der Waals surface area contributed by atoms with Gasteiger partial charge in [-0.25, -0.2) is 4.39 Å². The van der Waals surface area contributed by atoms with Crippen LogP contribution in [-0.4, -0.2) is 10.0 Å². The maximum atomic E-state index is 13.4. The Labute approximate surface area is 115 Å². The molecule has 0 fully saturated rings. The van der Waals surface area contributed by atoms with Gasteiger partial charge in [0.2, 0.25) is 5.75 Å². The zero-order chi connectivity index (χ0) is 14.0. The van der Waals surface area contributed by atoms with Gasteiger partial charge < -0.3 is 9.84 Å². The fourth-order valence-corrected chi connectivity index (χ4v) is 1.75. The number of phenolic OH excluding ortho intramolecular Hbond substituents is 1. The molecule has 98 valence electrons. The van der Waals surface area contributed by atoms with E-state index in [2.05, 4.69) is 15.9 Å². The summed E-state index contributed by atoms with van der Waals surface area (Å²) in [5.41, 5.74) is -0.378. The first-order valence-corrected chi connectivity index (χ1v) is 5.87. The zero-order valence-electron chi connectivity index (χ0n) is 9.34. The number of benzene rings is 2. The Morgan fingerprint density at radius 1 is 1.32 bits per heavy atom. The van der Waals surface area contributed by atoms with Gasteiger partial charge in [-0.1, -0.05) is 6.07 Å². The van der Waals surface area contributed by atoms with Crippen molar-refractivity contribution in [2.45, 2.75) is 0 Å². The number of hydrogen-bond acceptors (Lipinski definition) is 4. The molecule has 0 heterocycles. The molecule has 0 unspecified atom stereocenters. The van der Waals surface area contributed by atoms with Crippen molar-refractivity contribution in [1.82, 2.24) is 0 Å². The molecule has 0 atom stereocenters. The molecule has 5 nitrogen and oxygen atoms in total. The first-order valence-electron chi connectivity index (χ1n) is 5.07. The van der Waals surface area contributed by atoms with E-state index in [-0.39, 0.29) is 27.4 Å². The molecular weight excluding hydrogens is 321 g/mol. The molecule has 2 rings (SSSR count). The Hall–Kier alpha value is -2.15. The highest BCUT2D eigenvalue weighted by Crippen LogP contribution is 2.36. The fourth-order valence-electron chi connectivity index (χ4n) is 1.42. The third-order valence-corrected chi connectivity index (χ3v) is 2.85. The predicted molar refractivity (Wildman–Crippen MR) is 68.9 cm³/mol. The van der Waals surface area contributed by atoms with E-state index >= 15 is 0 Å². The number of ether oxygens (including phenoxy) is 1. The van der Waals surface area contributed by atoms with Crippen LogP contribution in [0, 0.1) is 15.9 Å². The van der Waals surface area contributed by atoms with Crippen LogP contribution in [0.15, 0.2) is 40.9 Å². The molecule has 1 N–H and O–H groups in total. The van der Waals surface area contributed by atoms with Crippen molar-refractivity contribution < 1.29 is 19.2 Å². The monoisotopic (exact) mass is 327 g/mol. The van der Waals surface area contributed by atoms with Crippen molar-refractivity contribution >= 4 is 21.6 Å². The summed E-state index contributed by atoms with van der Waals surface area (Å²) >= 11 is 2.87. The maximum Gasteiger partial charge on any atom is 0.312 e. The van der Waals surface area contributed by atoms with Crippen molar-refractivity contribution in [2.75, 3.05) is 0 Å². The van der Waals surface area contributed by atoms with Gasteiger partial charge in [0.25, 0.3) is 0 Å². The number of nitrogens with zero attached hydrogens (tertiary/aromatic N) is 1. The van der Waals surface area contributed by atoms with Gasteiger partial charge >= 0.3 is 5.69 Å². The summed E-state index contributed by atoms with van der Waals surface area (Å²) in [7, 11) is 0. The van der Waals surface area contributed by atoms with Crippen LogP contribution in [0.1, 0.15) is 0 Å². The molecule has 7 heteroatoms. The lowest BCUT2D eigenvalue weighted by Gasteiger charge is -2.07. The van der Waals surface area contributed by atoms with Crippen LogP contribution >= 0.6 is 15.9 Å². The fraction of sp³-hybridized carbons (Fsp3) is 0. The van der Waals surface area contributed by atoms with Crippen molar-refractivity contribution in [2.24, 2.45) is 0 Å². The molecule has 19 heavy (non-hydrogen) atoms. The van der Waals surface area contributed by atoms with Gasteiger partial charge in [-0.05, 0) is 28.1 Å². The van der Waals surface area contributed by atoms with E-state index in [9.17, 15) is 19.6 Å². The van der Waals surface area contributed by atoms with Gasteiger partial charge in [0.05, 0.1) is 9.40 Å². The summed E-state index contributed by atoms with van der Waals surface area (Å²) in [6, 6.07) is 7.61.